The molecule has 1 rings (SSSR count). The highest BCUT2D eigenvalue weighted by molar-refractivity contribution is 7.80. The molecule has 1 unspecified atom stereocenters. The van der Waals surface area contributed by atoms with Gasteiger partial charge in [-0.1, -0.05) is 30.3 Å². The zero-order valence-electron chi connectivity index (χ0n) is 12.1. The highest BCUT2D eigenvalue weighted by Crippen LogP contribution is 2.10. The van der Waals surface area contributed by atoms with Crippen molar-refractivity contribution >= 4 is 29.1 Å². The summed E-state index contributed by atoms with van der Waals surface area (Å²) < 4.78 is 4.91. The lowest BCUT2D eigenvalue weighted by molar-refractivity contribution is 0.112. The van der Waals surface area contributed by atoms with Gasteiger partial charge in [0.1, 0.15) is 6.10 Å². The van der Waals surface area contributed by atoms with Crippen LogP contribution in [0.3, 0.4) is 0 Å². The van der Waals surface area contributed by atoms with E-state index in [1.54, 1.807) is 14.0 Å². The monoisotopic (exact) mass is 308 g/mol. The number of hydrogen-bond donors (Lipinski definition) is 3. The number of carbonyl (C=O) groups is 1. The van der Waals surface area contributed by atoms with Crippen LogP contribution >= 0.6 is 12.2 Å². The van der Waals surface area contributed by atoms with E-state index in [4.69, 9.17) is 22.7 Å². The van der Waals surface area contributed by atoms with Crippen LogP contribution in [0.2, 0.25) is 0 Å². The van der Waals surface area contributed by atoms with E-state index < -0.39 is 6.09 Å². The summed E-state index contributed by atoms with van der Waals surface area (Å²) in [5.41, 5.74) is 9.58. The molecule has 7 heteroatoms. The van der Waals surface area contributed by atoms with E-state index >= 15 is 0 Å². The Kier molecular flexibility index (Phi) is 7.17. The number of ether oxygens (including phenoxy) is 1. The summed E-state index contributed by atoms with van der Waals surface area (Å²) in [6.07, 6.45) is 0.200. The molecule has 0 bridgehead atoms. The Morgan fingerprint density at radius 1 is 1.43 bits per heavy atom. The standard InChI is InChI=1S/C14H20N4O2S/c1-10(20-13(15)19)8-9-12(17-18-14(21)16-2)11-6-4-3-5-7-11/h3-7,10H,8-9H2,1-2H3,(H2,15,19)(H2,16,18,21). The maximum absolute atomic E-state index is 10.7. The maximum atomic E-state index is 10.7. The molecule has 21 heavy (non-hydrogen) atoms. The fourth-order valence-corrected chi connectivity index (χ4v) is 1.71. The molecule has 6 nitrogen and oxygen atoms in total. The molecule has 0 spiro atoms. The molecule has 0 aliphatic carbocycles. The van der Waals surface area contributed by atoms with Gasteiger partial charge in [-0.2, -0.15) is 5.10 Å². The normalized spacial score (nSPS) is 12.4. The molecule has 0 aromatic heterocycles. The molecular weight excluding hydrogens is 288 g/mol. The van der Waals surface area contributed by atoms with E-state index in [9.17, 15) is 4.79 Å². The predicted octanol–water partition coefficient (Wildman–Crippen LogP) is 1.75. The van der Waals surface area contributed by atoms with Gasteiger partial charge in [-0.05, 0) is 37.5 Å². The van der Waals surface area contributed by atoms with E-state index in [-0.39, 0.29) is 6.10 Å². The van der Waals surface area contributed by atoms with Gasteiger partial charge in [-0.25, -0.2) is 4.79 Å². The minimum Gasteiger partial charge on any atom is -0.447 e. The number of amides is 1. The smallest absolute Gasteiger partial charge is 0.404 e. The van der Waals surface area contributed by atoms with Gasteiger partial charge in [-0.3, -0.25) is 5.43 Å². The van der Waals surface area contributed by atoms with Crippen molar-refractivity contribution in [3.8, 4) is 0 Å². The third-order valence-electron chi connectivity index (χ3n) is 2.73. The SMILES string of the molecule is CNC(=S)NN=C(CCC(C)OC(N)=O)c1ccccc1. The van der Waals surface area contributed by atoms with Gasteiger partial charge in [0.15, 0.2) is 5.11 Å². The van der Waals surface area contributed by atoms with Crippen molar-refractivity contribution in [2.24, 2.45) is 10.8 Å². The zero-order valence-corrected chi connectivity index (χ0v) is 12.9. The van der Waals surface area contributed by atoms with Gasteiger partial charge in [-0.15, -0.1) is 0 Å². The number of rotatable bonds is 6. The highest BCUT2D eigenvalue weighted by atomic mass is 32.1. The summed E-state index contributed by atoms with van der Waals surface area (Å²) in [4.78, 5) is 10.7. The summed E-state index contributed by atoms with van der Waals surface area (Å²) in [5.74, 6) is 0. The number of hydrogen-bond acceptors (Lipinski definition) is 4. The first-order valence-electron chi connectivity index (χ1n) is 6.58. The van der Waals surface area contributed by atoms with E-state index in [1.165, 1.54) is 0 Å². The number of benzene rings is 1. The van der Waals surface area contributed by atoms with Crippen LogP contribution in [0, 0.1) is 0 Å². The van der Waals surface area contributed by atoms with E-state index in [2.05, 4.69) is 15.8 Å². The third-order valence-corrected chi connectivity index (χ3v) is 3.03. The number of hydrazone groups is 1. The molecule has 4 N–H and O–H groups in total. The Balaban J connectivity index is 2.73. The molecule has 0 aliphatic heterocycles. The Morgan fingerprint density at radius 2 is 2.10 bits per heavy atom. The predicted molar refractivity (Wildman–Crippen MR) is 87.1 cm³/mol. The third kappa shape index (κ3) is 6.71. The number of nitrogens with two attached hydrogens (primary N) is 1. The van der Waals surface area contributed by atoms with Gasteiger partial charge in [0.05, 0.1) is 5.71 Å². The molecular formula is C14H20N4O2S. The molecule has 1 aromatic rings. The Morgan fingerprint density at radius 3 is 2.67 bits per heavy atom. The Bertz CT molecular complexity index is 505. The molecule has 0 saturated heterocycles. The van der Waals surface area contributed by atoms with Crippen molar-refractivity contribution in [2.45, 2.75) is 25.9 Å². The van der Waals surface area contributed by atoms with Crippen molar-refractivity contribution in [1.29, 1.82) is 0 Å². The second-order valence-corrected chi connectivity index (χ2v) is 4.81. The average molecular weight is 308 g/mol. The van der Waals surface area contributed by atoms with Crippen molar-refractivity contribution < 1.29 is 9.53 Å². The van der Waals surface area contributed by atoms with Crippen molar-refractivity contribution in [1.82, 2.24) is 10.7 Å². The van der Waals surface area contributed by atoms with Crippen LogP contribution in [-0.4, -0.2) is 30.1 Å². The largest absolute Gasteiger partial charge is 0.447 e. The molecule has 1 amide bonds. The first-order chi connectivity index (χ1) is 10.0. The lowest BCUT2D eigenvalue weighted by atomic mass is 10.0. The molecule has 0 aliphatic rings. The zero-order chi connectivity index (χ0) is 15.7. The highest BCUT2D eigenvalue weighted by Gasteiger charge is 2.10. The number of nitrogens with one attached hydrogen (secondary N) is 2. The van der Waals surface area contributed by atoms with Crippen LogP contribution in [0.1, 0.15) is 25.3 Å². The van der Waals surface area contributed by atoms with Crippen LogP contribution in [0.15, 0.2) is 35.4 Å². The molecule has 0 heterocycles. The van der Waals surface area contributed by atoms with Gasteiger partial charge in [0, 0.05) is 7.05 Å². The first kappa shape index (κ1) is 16.9. The second-order valence-electron chi connectivity index (χ2n) is 4.40. The molecule has 1 aromatic carbocycles. The topological polar surface area (TPSA) is 88.7 Å². The lowest BCUT2D eigenvalue weighted by Crippen LogP contribution is -2.29. The van der Waals surface area contributed by atoms with Crippen LogP contribution in [-0.2, 0) is 4.74 Å². The van der Waals surface area contributed by atoms with Crippen molar-refractivity contribution in [3.63, 3.8) is 0 Å². The maximum Gasteiger partial charge on any atom is 0.404 e. The molecule has 0 fully saturated rings. The van der Waals surface area contributed by atoms with Crippen molar-refractivity contribution in [2.75, 3.05) is 7.05 Å². The Labute approximate surface area is 129 Å². The van der Waals surface area contributed by atoms with E-state index in [0.29, 0.717) is 18.0 Å². The van der Waals surface area contributed by atoms with Crippen LogP contribution < -0.4 is 16.5 Å². The van der Waals surface area contributed by atoms with Gasteiger partial charge in [0.25, 0.3) is 0 Å². The Hall–Kier alpha value is -2.15. The minimum atomic E-state index is -0.768. The lowest BCUT2D eigenvalue weighted by Gasteiger charge is -2.13. The first-order valence-corrected chi connectivity index (χ1v) is 6.99. The van der Waals surface area contributed by atoms with Gasteiger partial charge >= 0.3 is 6.09 Å². The summed E-state index contributed by atoms with van der Waals surface area (Å²) in [7, 11) is 1.72. The summed E-state index contributed by atoms with van der Waals surface area (Å²) >= 11 is 5.00. The van der Waals surface area contributed by atoms with Gasteiger partial charge < -0.3 is 15.8 Å². The van der Waals surface area contributed by atoms with Crippen LogP contribution in [0.4, 0.5) is 4.79 Å². The molecule has 0 radical (unpaired) electrons. The summed E-state index contributed by atoms with van der Waals surface area (Å²) in [6, 6.07) is 9.73. The van der Waals surface area contributed by atoms with E-state index in [0.717, 1.165) is 11.3 Å². The van der Waals surface area contributed by atoms with Crippen LogP contribution in [0.5, 0.6) is 0 Å². The number of thiocarbonyl (C=S) groups is 1. The van der Waals surface area contributed by atoms with Crippen molar-refractivity contribution in [3.05, 3.63) is 35.9 Å². The number of primary amides is 1. The fourth-order valence-electron chi connectivity index (χ4n) is 1.67. The quantitative estimate of drug-likeness (QED) is 0.423. The average Bonchev–Trinajstić information content (AvgIpc) is 2.47. The minimum absolute atomic E-state index is 0.271. The molecule has 0 saturated carbocycles. The molecule has 1 atom stereocenters. The van der Waals surface area contributed by atoms with Crippen LogP contribution in [0.25, 0.3) is 0 Å². The van der Waals surface area contributed by atoms with Gasteiger partial charge in [0.2, 0.25) is 0 Å². The molecule has 114 valence electrons. The number of nitrogens with zero attached hydrogens (tertiary/aromatic N) is 1. The fraction of sp³-hybridized carbons (Fsp3) is 0.357. The number of carbonyl (C=O) groups excluding carboxylic acids is 1. The summed E-state index contributed by atoms with van der Waals surface area (Å²) in [6.45, 7) is 1.79. The second kappa shape index (κ2) is 8.91. The van der Waals surface area contributed by atoms with E-state index in [1.807, 2.05) is 30.3 Å². The summed E-state index contributed by atoms with van der Waals surface area (Å²) in [5, 5.41) is 7.53.